The van der Waals surface area contributed by atoms with E-state index >= 15 is 0 Å². The molecule has 0 unspecified atom stereocenters. The molecule has 1 amide bonds. The minimum absolute atomic E-state index is 0.169. The lowest BCUT2D eigenvalue weighted by Gasteiger charge is -2.12. The first-order valence-electron chi connectivity index (χ1n) is 7.93. The van der Waals surface area contributed by atoms with Crippen molar-refractivity contribution in [3.8, 4) is 5.75 Å². The maximum atomic E-state index is 12.2. The number of hydrogen-bond acceptors (Lipinski definition) is 4. The number of ether oxygens (including phenoxy) is 1. The summed E-state index contributed by atoms with van der Waals surface area (Å²) in [7, 11) is -0.583. The first kappa shape index (κ1) is 20.2. The van der Waals surface area contributed by atoms with Gasteiger partial charge in [-0.3, -0.25) is 4.79 Å². The average Bonchev–Trinajstić information content (AvgIpc) is 2.63. The van der Waals surface area contributed by atoms with E-state index in [1.165, 1.54) is 26.3 Å². The van der Waals surface area contributed by atoms with Crippen molar-refractivity contribution in [3.05, 3.63) is 52.5 Å². The fourth-order valence-corrected chi connectivity index (χ4v) is 3.24. The van der Waals surface area contributed by atoms with E-state index in [1.807, 2.05) is 6.92 Å². The van der Waals surface area contributed by atoms with E-state index in [4.69, 9.17) is 16.3 Å². The summed E-state index contributed by atoms with van der Waals surface area (Å²) in [5.41, 5.74) is 2.27. The first-order valence-corrected chi connectivity index (χ1v) is 9.79. The van der Waals surface area contributed by atoms with Gasteiger partial charge in [-0.25, -0.2) is 13.1 Å². The Kier molecular flexibility index (Phi) is 6.63. The predicted molar refractivity (Wildman–Crippen MR) is 102 cm³/mol. The Labute approximate surface area is 158 Å². The highest BCUT2D eigenvalue weighted by molar-refractivity contribution is 7.89. The second-order valence-corrected chi connectivity index (χ2v) is 8.00. The van der Waals surface area contributed by atoms with Gasteiger partial charge in [0.25, 0.3) is 0 Å². The van der Waals surface area contributed by atoms with Crippen molar-refractivity contribution in [1.29, 1.82) is 0 Å². The lowest BCUT2D eigenvalue weighted by molar-refractivity contribution is -0.116. The number of amides is 1. The van der Waals surface area contributed by atoms with Gasteiger partial charge in [0, 0.05) is 17.5 Å². The number of hydrogen-bond donors (Lipinski definition) is 2. The first-order chi connectivity index (χ1) is 12.3. The van der Waals surface area contributed by atoms with Crippen LogP contribution in [0.1, 0.15) is 17.5 Å². The second kappa shape index (κ2) is 8.53. The Morgan fingerprint density at radius 2 is 1.85 bits per heavy atom. The number of aryl methyl sites for hydroxylation is 2. The Bertz CT molecular complexity index is 896. The zero-order chi connectivity index (χ0) is 19.3. The predicted octanol–water partition coefficient (Wildman–Crippen LogP) is 3.14. The van der Waals surface area contributed by atoms with Gasteiger partial charge >= 0.3 is 0 Å². The lowest BCUT2D eigenvalue weighted by Crippen LogP contribution is -2.18. The van der Waals surface area contributed by atoms with Crippen molar-refractivity contribution in [2.45, 2.75) is 24.7 Å². The van der Waals surface area contributed by atoms with Crippen LogP contribution in [0.5, 0.6) is 5.75 Å². The van der Waals surface area contributed by atoms with Gasteiger partial charge in [-0.05, 0) is 49.7 Å². The molecule has 140 valence electrons. The summed E-state index contributed by atoms with van der Waals surface area (Å²) in [5.74, 6) is 0.326. The highest BCUT2D eigenvalue weighted by Gasteiger charge is 2.12. The van der Waals surface area contributed by atoms with Crippen molar-refractivity contribution in [2.24, 2.45) is 0 Å². The minimum Gasteiger partial charge on any atom is -0.495 e. The monoisotopic (exact) mass is 396 g/mol. The Morgan fingerprint density at radius 3 is 2.42 bits per heavy atom. The molecule has 2 rings (SSSR count). The van der Waals surface area contributed by atoms with E-state index < -0.39 is 10.0 Å². The number of methoxy groups -OCH3 is 1. The highest BCUT2D eigenvalue weighted by atomic mass is 35.5. The van der Waals surface area contributed by atoms with Crippen LogP contribution in [0.25, 0.3) is 0 Å². The summed E-state index contributed by atoms with van der Waals surface area (Å²) in [6.07, 6.45) is 0.740. The molecular formula is C18H21ClN2O4S. The van der Waals surface area contributed by atoms with Gasteiger partial charge in [-0.1, -0.05) is 23.7 Å². The number of anilines is 1. The van der Waals surface area contributed by atoms with Crippen LogP contribution in [0.3, 0.4) is 0 Å². The Hall–Kier alpha value is -2.09. The van der Waals surface area contributed by atoms with E-state index in [0.717, 1.165) is 11.1 Å². The van der Waals surface area contributed by atoms with Gasteiger partial charge < -0.3 is 10.1 Å². The van der Waals surface area contributed by atoms with E-state index in [0.29, 0.717) is 22.9 Å². The molecule has 6 nitrogen and oxygen atoms in total. The molecule has 0 radical (unpaired) electrons. The molecule has 2 aromatic carbocycles. The third-order valence-corrected chi connectivity index (χ3v) is 5.74. The molecule has 0 fully saturated rings. The largest absolute Gasteiger partial charge is 0.495 e. The number of halogens is 1. The van der Waals surface area contributed by atoms with Crippen LogP contribution < -0.4 is 14.8 Å². The molecule has 0 aliphatic rings. The van der Waals surface area contributed by atoms with Crippen molar-refractivity contribution in [1.82, 2.24) is 4.72 Å². The number of rotatable bonds is 7. The number of carbonyl (C=O) groups is 1. The average molecular weight is 397 g/mol. The summed E-state index contributed by atoms with van der Waals surface area (Å²) in [4.78, 5) is 12.4. The van der Waals surface area contributed by atoms with Gasteiger partial charge in [0.15, 0.2) is 0 Å². The number of carbonyl (C=O) groups excluding carboxylic acids is 1. The van der Waals surface area contributed by atoms with Crippen molar-refractivity contribution < 1.29 is 17.9 Å². The Morgan fingerprint density at radius 1 is 1.19 bits per heavy atom. The van der Waals surface area contributed by atoms with E-state index in [2.05, 4.69) is 10.0 Å². The second-order valence-electron chi connectivity index (χ2n) is 5.70. The molecule has 2 N–H and O–H groups in total. The zero-order valence-electron chi connectivity index (χ0n) is 14.8. The molecule has 0 saturated carbocycles. The molecule has 0 aliphatic heterocycles. The number of nitrogens with one attached hydrogen (secondary N) is 2. The standard InChI is InChI=1S/C18H21ClN2O4S/c1-12-10-16(17(25-3)11-15(12)19)21-18(22)9-6-13-4-7-14(8-5-13)26(23,24)20-2/h4-5,7-8,10-11,20H,6,9H2,1-3H3,(H,21,22). The van der Waals surface area contributed by atoms with Crippen LogP contribution in [-0.2, 0) is 21.2 Å². The zero-order valence-corrected chi connectivity index (χ0v) is 16.4. The van der Waals surface area contributed by atoms with Crippen LogP contribution in [0.4, 0.5) is 5.69 Å². The van der Waals surface area contributed by atoms with Crippen LogP contribution in [0, 0.1) is 6.92 Å². The maximum absolute atomic E-state index is 12.2. The van der Waals surface area contributed by atoms with Gasteiger partial charge in [0.1, 0.15) is 5.75 Å². The molecular weight excluding hydrogens is 376 g/mol. The summed E-state index contributed by atoms with van der Waals surface area (Å²) >= 11 is 6.06. The van der Waals surface area contributed by atoms with Gasteiger partial charge in [0.2, 0.25) is 15.9 Å². The van der Waals surface area contributed by atoms with Crippen molar-refractivity contribution in [3.63, 3.8) is 0 Å². The topological polar surface area (TPSA) is 84.5 Å². The quantitative estimate of drug-likeness (QED) is 0.753. The third-order valence-electron chi connectivity index (χ3n) is 3.90. The summed E-state index contributed by atoms with van der Waals surface area (Å²) in [6, 6.07) is 9.86. The van der Waals surface area contributed by atoms with Crippen LogP contribution in [0.15, 0.2) is 41.3 Å². The third kappa shape index (κ3) is 4.97. The van der Waals surface area contributed by atoms with Gasteiger partial charge in [0.05, 0.1) is 17.7 Å². The summed E-state index contributed by atoms with van der Waals surface area (Å²) < 4.78 is 30.9. The molecule has 0 atom stereocenters. The van der Waals surface area contributed by atoms with E-state index in [1.54, 1.807) is 24.3 Å². The molecule has 0 aliphatic carbocycles. The fourth-order valence-electron chi connectivity index (χ4n) is 2.35. The molecule has 0 saturated heterocycles. The highest BCUT2D eigenvalue weighted by Crippen LogP contribution is 2.31. The number of benzene rings is 2. The minimum atomic E-state index is -3.46. The van der Waals surface area contributed by atoms with Crippen molar-refractivity contribution in [2.75, 3.05) is 19.5 Å². The molecule has 26 heavy (non-hydrogen) atoms. The van der Waals surface area contributed by atoms with Gasteiger partial charge in [-0.15, -0.1) is 0 Å². The normalized spacial score (nSPS) is 11.2. The van der Waals surface area contributed by atoms with E-state index in [-0.39, 0.29) is 17.2 Å². The molecule has 0 aromatic heterocycles. The summed E-state index contributed by atoms with van der Waals surface area (Å²) in [6.45, 7) is 1.85. The molecule has 2 aromatic rings. The van der Waals surface area contributed by atoms with Gasteiger partial charge in [-0.2, -0.15) is 0 Å². The lowest BCUT2D eigenvalue weighted by atomic mass is 10.1. The maximum Gasteiger partial charge on any atom is 0.240 e. The van der Waals surface area contributed by atoms with Crippen LogP contribution in [-0.4, -0.2) is 28.5 Å². The molecule has 8 heteroatoms. The SMILES string of the molecule is CNS(=O)(=O)c1ccc(CCC(=O)Nc2cc(C)c(Cl)cc2OC)cc1. The van der Waals surface area contributed by atoms with Crippen LogP contribution in [0.2, 0.25) is 5.02 Å². The molecule has 0 heterocycles. The number of sulfonamides is 1. The molecule has 0 spiro atoms. The smallest absolute Gasteiger partial charge is 0.240 e. The fraction of sp³-hybridized carbons (Fsp3) is 0.278. The Balaban J connectivity index is 2.00. The van der Waals surface area contributed by atoms with Crippen LogP contribution >= 0.6 is 11.6 Å². The van der Waals surface area contributed by atoms with Crippen molar-refractivity contribution >= 4 is 33.2 Å². The van der Waals surface area contributed by atoms with E-state index in [9.17, 15) is 13.2 Å². The summed E-state index contributed by atoms with van der Waals surface area (Å²) in [5, 5.41) is 3.38. The molecule has 0 bridgehead atoms.